The molecule has 0 spiro atoms. The molecular weight excluding hydrogens is 335 g/mol. The third-order valence-corrected chi connectivity index (χ3v) is 4.14. The number of hydrogen-bond donors (Lipinski definition) is 0. The summed E-state index contributed by atoms with van der Waals surface area (Å²) in [5, 5.41) is 11.3. The van der Waals surface area contributed by atoms with Crippen LogP contribution in [0.15, 0.2) is 40.8 Å². The maximum Gasteiger partial charge on any atom is 0.433 e. The van der Waals surface area contributed by atoms with E-state index in [2.05, 4.69) is 4.98 Å². The molecule has 0 radical (unpaired) electrons. The number of rotatable bonds is 3. The van der Waals surface area contributed by atoms with Gasteiger partial charge in [0.2, 0.25) is 0 Å². The Morgan fingerprint density at radius 1 is 1.14 bits per heavy atom. The Hall–Kier alpha value is -1.89. The first kappa shape index (κ1) is 14.1. The van der Waals surface area contributed by atoms with E-state index in [0.29, 0.717) is 25.8 Å². The van der Waals surface area contributed by atoms with E-state index in [0.717, 1.165) is 5.56 Å². The van der Waals surface area contributed by atoms with Crippen molar-refractivity contribution in [2.75, 3.05) is 0 Å². The molecule has 5 nitrogen and oxygen atoms in total. The molecule has 1 aromatic carbocycles. The largest absolute Gasteiger partial charge is 0.433 e. The highest BCUT2D eigenvalue weighted by Crippen LogP contribution is 2.40. The molecule has 106 valence electrons. The average molecular weight is 341 g/mol. The van der Waals surface area contributed by atoms with E-state index >= 15 is 0 Å². The van der Waals surface area contributed by atoms with Gasteiger partial charge in [0.05, 0.1) is 16.6 Å². The van der Waals surface area contributed by atoms with Crippen LogP contribution in [-0.2, 0) is 0 Å². The lowest BCUT2D eigenvalue weighted by Crippen LogP contribution is -1.83. The molecule has 0 saturated heterocycles. The standard InChI is InChI=1S/C13H6Cl2N2O3S/c14-8-3-1-7(2-4-8)11-12(21-13(15)16-11)9-5-6-10(20-9)17(18)19/h1-6H. The Labute approximate surface area is 132 Å². The summed E-state index contributed by atoms with van der Waals surface area (Å²) in [6.07, 6.45) is 0. The molecule has 3 aromatic rings. The molecule has 8 heteroatoms. The van der Waals surface area contributed by atoms with Gasteiger partial charge in [0, 0.05) is 10.6 Å². The highest BCUT2D eigenvalue weighted by molar-refractivity contribution is 7.19. The third-order valence-electron chi connectivity index (χ3n) is 2.71. The second-order valence-corrected chi connectivity index (χ2v) is 6.06. The van der Waals surface area contributed by atoms with E-state index in [9.17, 15) is 10.1 Å². The Bertz CT molecular complexity index is 811. The summed E-state index contributed by atoms with van der Waals surface area (Å²) in [5.74, 6) is 0.0348. The van der Waals surface area contributed by atoms with Gasteiger partial charge in [0.1, 0.15) is 4.92 Å². The van der Waals surface area contributed by atoms with Gasteiger partial charge in [0.25, 0.3) is 0 Å². The minimum absolute atomic E-state index is 0.323. The van der Waals surface area contributed by atoms with Crippen LogP contribution in [0, 0.1) is 10.1 Å². The molecule has 0 saturated carbocycles. The van der Waals surface area contributed by atoms with E-state index in [1.54, 1.807) is 24.3 Å². The summed E-state index contributed by atoms with van der Waals surface area (Å²) >= 11 is 13.0. The molecule has 2 heterocycles. The normalized spacial score (nSPS) is 10.8. The molecule has 0 atom stereocenters. The number of hydrogen-bond acceptors (Lipinski definition) is 5. The summed E-state index contributed by atoms with van der Waals surface area (Å²) in [5.41, 5.74) is 1.41. The number of aromatic nitrogens is 1. The van der Waals surface area contributed by atoms with Crippen molar-refractivity contribution in [2.45, 2.75) is 0 Å². The number of thiazole rings is 1. The Balaban J connectivity index is 2.10. The van der Waals surface area contributed by atoms with Crippen LogP contribution in [0.1, 0.15) is 0 Å². The molecule has 0 bridgehead atoms. The number of benzene rings is 1. The van der Waals surface area contributed by atoms with Crippen LogP contribution in [0.3, 0.4) is 0 Å². The molecular formula is C13H6Cl2N2O3S. The van der Waals surface area contributed by atoms with Crippen LogP contribution in [0.5, 0.6) is 0 Å². The van der Waals surface area contributed by atoms with Crippen molar-refractivity contribution in [2.24, 2.45) is 0 Å². The van der Waals surface area contributed by atoms with Crippen LogP contribution < -0.4 is 0 Å². The van der Waals surface area contributed by atoms with Crippen LogP contribution in [-0.4, -0.2) is 9.91 Å². The number of nitrogens with zero attached hydrogens (tertiary/aromatic N) is 2. The summed E-state index contributed by atoms with van der Waals surface area (Å²) in [4.78, 5) is 15.0. The molecule has 0 N–H and O–H groups in total. The maximum atomic E-state index is 10.7. The van der Waals surface area contributed by atoms with Gasteiger partial charge in [0.15, 0.2) is 10.2 Å². The fourth-order valence-corrected chi connectivity index (χ4v) is 3.03. The molecule has 0 fully saturated rings. The molecule has 0 aliphatic carbocycles. The molecule has 21 heavy (non-hydrogen) atoms. The zero-order valence-electron chi connectivity index (χ0n) is 10.2. The first-order valence-electron chi connectivity index (χ1n) is 5.71. The topological polar surface area (TPSA) is 69.2 Å². The Kier molecular flexibility index (Phi) is 3.67. The zero-order chi connectivity index (χ0) is 15.0. The van der Waals surface area contributed by atoms with Crippen molar-refractivity contribution < 1.29 is 9.34 Å². The van der Waals surface area contributed by atoms with Gasteiger partial charge < -0.3 is 4.42 Å². The van der Waals surface area contributed by atoms with Crippen molar-refractivity contribution in [3.8, 4) is 21.9 Å². The van der Waals surface area contributed by atoms with Crippen molar-refractivity contribution >= 4 is 40.4 Å². The van der Waals surface area contributed by atoms with E-state index in [1.165, 1.54) is 23.5 Å². The van der Waals surface area contributed by atoms with Gasteiger partial charge in [-0.25, -0.2) is 4.98 Å². The van der Waals surface area contributed by atoms with Gasteiger partial charge >= 0.3 is 5.88 Å². The summed E-state index contributed by atoms with van der Waals surface area (Å²) < 4.78 is 5.54. The van der Waals surface area contributed by atoms with E-state index in [4.69, 9.17) is 27.6 Å². The van der Waals surface area contributed by atoms with Gasteiger partial charge in [-0.3, -0.25) is 10.1 Å². The molecule has 0 unspecified atom stereocenters. The van der Waals surface area contributed by atoms with E-state index in [1.807, 2.05) is 0 Å². The van der Waals surface area contributed by atoms with Crippen molar-refractivity contribution in [3.05, 3.63) is 56.0 Å². The molecule has 0 aliphatic rings. The first-order valence-corrected chi connectivity index (χ1v) is 7.28. The predicted octanol–water partition coefficient (Wildman–Crippen LogP) is 5.29. The fourth-order valence-electron chi connectivity index (χ4n) is 1.81. The number of furan rings is 1. The van der Waals surface area contributed by atoms with Gasteiger partial charge in [-0.2, -0.15) is 0 Å². The van der Waals surface area contributed by atoms with Crippen LogP contribution in [0.25, 0.3) is 21.9 Å². The number of nitro groups is 1. The van der Waals surface area contributed by atoms with Crippen LogP contribution in [0.4, 0.5) is 5.88 Å². The van der Waals surface area contributed by atoms with Crippen molar-refractivity contribution in [1.29, 1.82) is 0 Å². The summed E-state index contributed by atoms with van der Waals surface area (Å²) in [7, 11) is 0. The zero-order valence-corrected chi connectivity index (χ0v) is 12.6. The average Bonchev–Trinajstić information content (AvgIpc) is 3.06. The second-order valence-electron chi connectivity index (χ2n) is 4.05. The first-order chi connectivity index (χ1) is 10.0. The number of halogens is 2. The predicted molar refractivity (Wildman–Crippen MR) is 81.9 cm³/mol. The van der Waals surface area contributed by atoms with E-state index in [-0.39, 0.29) is 5.88 Å². The Morgan fingerprint density at radius 2 is 1.86 bits per heavy atom. The monoisotopic (exact) mass is 340 g/mol. The van der Waals surface area contributed by atoms with Gasteiger partial charge in [-0.1, -0.05) is 46.7 Å². The fraction of sp³-hybridized carbons (Fsp3) is 0. The smallest absolute Gasteiger partial charge is 0.400 e. The second kappa shape index (κ2) is 5.48. The van der Waals surface area contributed by atoms with Gasteiger partial charge in [-0.05, 0) is 18.2 Å². The molecule has 3 rings (SSSR count). The molecule has 2 aromatic heterocycles. The third kappa shape index (κ3) is 2.78. The molecule has 0 aliphatic heterocycles. The quantitative estimate of drug-likeness (QED) is 0.480. The maximum absolute atomic E-state index is 10.7. The lowest BCUT2D eigenvalue weighted by Gasteiger charge is -2.00. The lowest BCUT2D eigenvalue weighted by molar-refractivity contribution is -0.401. The summed E-state index contributed by atoms with van der Waals surface area (Å²) in [6, 6.07) is 9.90. The van der Waals surface area contributed by atoms with E-state index < -0.39 is 4.92 Å². The lowest BCUT2D eigenvalue weighted by atomic mass is 10.1. The highest BCUT2D eigenvalue weighted by atomic mass is 35.5. The Morgan fingerprint density at radius 3 is 2.48 bits per heavy atom. The minimum atomic E-state index is -0.589. The SMILES string of the molecule is O=[N+]([O-])c1ccc(-c2sc(Cl)nc2-c2ccc(Cl)cc2)o1. The minimum Gasteiger partial charge on any atom is -0.400 e. The van der Waals surface area contributed by atoms with Crippen molar-refractivity contribution in [3.63, 3.8) is 0 Å². The van der Waals surface area contributed by atoms with Crippen LogP contribution in [0.2, 0.25) is 9.49 Å². The highest BCUT2D eigenvalue weighted by Gasteiger charge is 2.20. The summed E-state index contributed by atoms with van der Waals surface area (Å²) in [6.45, 7) is 0. The molecule has 0 amide bonds. The van der Waals surface area contributed by atoms with Crippen LogP contribution >= 0.6 is 34.5 Å². The van der Waals surface area contributed by atoms with Gasteiger partial charge in [-0.15, -0.1) is 0 Å². The van der Waals surface area contributed by atoms with Crippen molar-refractivity contribution in [1.82, 2.24) is 4.98 Å².